The molecule has 0 aliphatic carbocycles. The van der Waals surface area contributed by atoms with Gasteiger partial charge < -0.3 is 5.11 Å². The summed E-state index contributed by atoms with van der Waals surface area (Å²) in [7, 11) is 1.90. The minimum absolute atomic E-state index is 0. The number of aliphatic carboxylic acids is 1. The highest BCUT2D eigenvalue weighted by Crippen LogP contribution is 2.36. The molecule has 0 spiro atoms. The van der Waals surface area contributed by atoms with E-state index in [1.165, 1.54) is 9.58 Å². The zero-order chi connectivity index (χ0) is 16.4. The highest BCUT2D eigenvalue weighted by Gasteiger charge is 2.24. The molecule has 1 N–H and O–H groups in total. The Morgan fingerprint density at radius 1 is 1.38 bits per heavy atom. The van der Waals surface area contributed by atoms with Crippen LogP contribution in [-0.4, -0.2) is 53.6 Å². The fraction of sp³-hybridized carbons (Fsp3) is 0.471. The van der Waals surface area contributed by atoms with Crippen molar-refractivity contribution in [2.45, 2.75) is 25.4 Å². The lowest BCUT2D eigenvalue weighted by atomic mass is 10.0. The molecule has 3 rings (SSSR count). The lowest BCUT2D eigenvalue weighted by molar-refractivity contribution is -0.138. The molecule has 1 aliphatic rings. The van der Waals surface area contributed by atoms with Gasteiger partial charge >= 0.3 is 5.97 Å². The number of hydrogen-bond donors (Lipinski definition) is 1. The smallest absolute Gasteiger partial charge is 0.317 e. The van der Waals surface area contributed by atoms with Crippen LogP contribution < -0.4 is 0 Å². The molecule has 1 aromatic carbocycles. The third-order valence-corrected chi connectivity index (χ3v) is 6.23. The number of carboxylic acids is 1. The Balaban J connectivity index is 0.00000208. The van der Waals surface area contributed by atoms with E-state index in [1.54, 1.807) is 11.3 Å². The Labute approximate surface area is 157 Å². The van der Waals surface area contributed by atoms with Crippen molar-refractivity contribution in [3.05, 3.63) is 34.2 Å². The number of rotatable bonds is 5. The molecular formula is C17H22Cl2N2O2S. The average Bonchev–Trinajstić information content (AvgIpc) is 2.84. The monoisotopic (exact) mass is 388 g/mol. The van der Waals surface area contributed by atoms with Crippen LogP contribution in [0.1, 0.15) is 17.7 Å². The SMILES string of the molecule is CN(CC(=O)O)C1CCN(Cc2sc3ccccc3c2Cl)CC1.Cl. The number of nitrogens with zero attached hydrogens (tertiary/aromatic N) is 2. The predicted octanol–water partition coefficient (Wildman–Crippen LogP) is 3.96. The van der Waals surface area contributed by atoms with E-state index in [0.717, 1.165) is 42.9 Å². The number of halogens is 2. The second-order valence-corrected chi connectivity index (χ2v) is 7.67. The van der Waals surface area contributed by atoms with Crippen molar-refractivity contribution in [2.24, 2.45) is 0 Å². The van der Waals surface area contributed by atoms with Gasteiger partial charge in [0, 0.05) is 40.6 Å². The number of likely N-dealkylation sites (tertiary alicyclic amines) is 1. The van der Waals surface area contributed by atoms with Gasteiger partial charge in [0.2, 0.25) is 0 Å². The largest absolute Gasteiger partial charge is 0.480 e. The average molecular weight is 389 g/mol. The number of fused-ring (bicyclic) bond motifs is 1. The van der Waals surface area contributed by atoms with Crippen LogP contribution in [0.15, 0.2) is 24.3 Å². The van der Waals surface area contributed by atoms with Crippen molar-refractivity contribution in [3.63, 3.8) is 0 Å². The van der Waals surface area contributed by atoms with E-state index in [4.69, 9.17) is 16.7 Å². The van der Waals surface area contributed by atoms with E-state index >= 15 is 0 Å². The van der Waals surface area contributed by atoms with Crippen LogP contribution in [0.25, 0.3) is 10.1 Å². The lowest BCUT2D eigenvalue weighted by Crippen LogP contribution is -2.44. The van der Waals surface area contributed by atoms with Crippen LogP contribution in [0.4, 0.5) is 0 Å². The molecule has 132 valence electrons. The summed E-state index contributed by atoms with van der Waals surface area (Å²) in [5, 5.41) is 10.9. The molecule has 2 aromatic rings. The minimum Gasteiger partial charge on any atom is -0.480 e. The maximum atomic E-state index is 10.8. The quantitative estimate of drug-likeness (QED) is 0.841. The topological polar surface area (TPSA) is 43.8 Å². The van der Waals surface area contributed by atoms with Gasteiger partial charge in [0.25, 0.3) is 0 Å². The highest BCUT2D eigenvalue weighted by molar-refractivity contribution is 7.19. The van der Waals surface area contributed by atoms with Crippen LogP contribution in [-0.2, 0) is 11.3 Å². The summed E-state index contributed by atoms with van der Waals surface area (Å²) in [4.78, 5) is 16.4. The number of piperidine rings is 1. The number of hydrogen-bond acceptors (Lipinski definition) is 4. The van der Waals surface area contributed by atoms with Crippen LogP contribution in [0.3, 0.4) is 0 Å². The van der Waals surface area contributed by atoms with Gasteiger partial charge in [-0.25, -0.2) is 0 Å². The van der Waals surface area contributed by atoms with E-state index in [2.05, 4.69) is 17.0 Å². The first-order valence-electron chi connectivity index (χ1n) is 7.85. The van der Waals surface area contributed by atoms with Crippen molar-refractivity contribution in [2.75, 3.05) is 26.7 Å². The third kappa shape index (κ3) is 4.41. The molecule has 24 heavy (non-hydrogen) atoms. The van der Waals surface area contributed by atoms with Crippen molar-refractivity contribution < 1.29 is 9.90 Å². The van der Waals surface area contributed by atoms with Crippen molar-refractivity contribution in [1.29, 1.82) is 0 Å². The molecule has 0 amide bonds. The maximum Gasteiger partial charge on any atom is 0.317 e. The van der Waals surface area contributed by atoms with Gasteiger partial charge in [-0.15, -0.1) is 23.7 Å². The second-order valence-electron chi connectivity index (χ2n) is 6.15. The van der Waals surface area contributed by atoms with Crippen molar-refractivity contribution in [3.8, 4) is 0 Å². The number of likely N-dealkylation sites (N-methyl/N-ethyl adjacent to an activating group) is 1. The third-order valence-electron chi connectivity index (χ3n) is 4.53. The van der Waals surface area contributed by atoms with Gasteiger partial charge in [-0.2, -0.15) is 0 Å². The molecule has 0 bridgehead atoms. The molecule has 0 saturated carbocycles. The minimum atomic E-state index is -0.757. The van der Waals surface area contributed by atoms with E-state index in [9.17, 15) is 4.79 Å². The molecule has 0 radical (unpaired) electrons. The van der Waals surface area contributed by atoms with E-state index in [0.29, 0.717) is 6.04 Å². The Bertz CT molecular complexity index is 699. The highest BCUT2D eigenvalue weighted by atomic mass is 35.5. The summed E-state index contributed by atoms with van der Waals surface area (Å²) in [5.74, 6) is -0.757. The van der Waals surface area contributed by atoms with E-state index in [-0.39, 0.29) is 19.0 Å². The normalized spacial score (nSPS) is 16.5. The lowest BCUT2D eigenvalue weighted by Gasteiger charge is -2.36. The summed E-state index contributed by atoms with van der Waals surface area (Å²) in [6.07, 6.45) is 2.01. The molecule has 1 aliphatic heterocycles. The fourth-order valence-corrected chi connectivity index (χ4v) is 4.77. The van der Waals surface area contributed by atoms with E-state index in [1.807, 2.05) is 24.1 Å². The summed E-state index contributed by atoms with van der Waals surface area (Å²) in [5.41, 5.74) is 0. The summed E-state index contributed by atoms with van der Waals surface area (Å²) >= 11 is 8.29. The number of carbonyl (C=O) groups is 1. The summed E-state index contributed by atoms with van der Waals surface area (Å²) < 4.78 is 1.24. The van der Waals surface area contributed by atoms with Crippen molar-refractivity contribution >= 4 is 51.4 Å². The Morgan fingerprint density at radius 2 is 2.04 bits per heavy atom. The van der Waals surface area contributed by atoms with Crippen molar-refractivity contribution in [1.82, 2.24) is 9.80 Å². The zero-order valence-corrected chi connectivity index (χ0v) is 16.0. The fourth-order valence-electron chi connectivity index (χ4n) is 3.23. The van der Waals surface area contributed by atoms with Crippen LogP contribution in [0.2, 0.25) is 5.02 Å². The molecule has 4 nitrogen and oxygen atoms in total. The Kier molecular flexibility index (Phi) is 6.89. The summed E-state index contributed by atoms with van der Waals surface area (Å²) in [6, 6.07) is 8.62. The summed E-state index contributed by atoms with van der Waals surface area (Å²) in [6.45, 7) is 2.97. The van der Waals surface area contributed by atoms with E-state index < -0.39 is 5.97 Å². The van der Waals surface area contributed by atoms with Gasteiger partial charge in [0.15, 0.2) is 0 Å². The molecule has 0 atom stereocenters. The van der Waals surface area contributed by atoms with Gasteiger partial charge in [0.1, 0.15) is 0 Å². The molecule has 1 fully saturated rings. The number of carboxylic acid groups (broad SMARTS) is 1. The molecule has 1 aromatic heterocycles. The van der Waals surface area contributed by atoms with Gasteiger partial charge in [-0.05, 0) is 26.0 Å². The van der Waals surface area contributed by atoms with Crippen LogP contribution in [0, 0.1) is 0 Å². The van der Waals surface area contributed by atoms with Crippen LogP contribution in [0.5, 0.6) is 0 Å². The predicted molar refractivity (Wildman–Crippen MR) is 103 cm³/mol. The standard InChI is InChI=1S/C17H21ClN2O2S.ClH/c1-19(11-16(21)22)12-6-8-20(9-7-12)10-15-17(18)13-4-2-3-5-14(13)23-15;/h2-5,12H,6-11H2,1H3,(H,21,22);1H. The first-order valence-corrected chi connectivity index (χ1v) is 9.04. The maximum absolute atomic E-state index is 10.8. The first kappa shape index (κ1) is 19.5. The van der Waals surface area contributed by atoms with Crippen LogP contribution >= 0.6 is 35.3 Å². The zero-order valence-electron chi connectivity index (χ0n) is 13.6. The molecular weight excluding hydrogens is 367 g/mol. The van der Waals surface area contributed by atoms with Gasteiger partial charge in [-0.1, -0.05) is 29.8 Å². The number of thiophene rings is 1. The number of benzene rings is 1. The Hall–Kier alpha value is -0.850. The first-order chi connectivity index (χ1) is 11.0. The van der Waals surface area contributed by atoms with Gasteiger partial charge in [0.05, 0.1) is 11.6 Å². The molecule has 0 unspecified atom stereocenters. The molecule has 7 heteroatoms. The second kappa shape index (κ2) is 8.50. The van der Waals surface area contributed by atoms with Gasteiger partial charge in [-0.3, -0.25) is 14.6 Å². The molecule has 1 saturated heterocycles. The molecule has 2 heterocycles. The Morgan fingerprint density at radius 3 is 2.67 bits per heavy atom.